The van der Waals surface area contributed by atoms with Crippen molar-refractivity contribution in [3.63, 3.8) is 0 Å². The van der Waals surface area contributed by atoms with Crippen LogP contribution in [-0.2, 0) is 0 Å². The topological polar surface area (TPSA) is 55.1 Å². The predicted octanol–water partition coefficient (Wildman–Crippen LogP) is 3.23. The second kappa shape index (κ2) is 4.55. The molecule has 0 aliphatic heterocycles. The normalized spacial score (nSPS) is 10.1. The van der Waals surface area contributed by atoms with Crippen molar-refractivity contribution in [1.29, 1.82) is 0 Å². The number of nitrogens with one attached hydrogen (secondary N) is 1. The maximum absolute atomic E-state index is 11.6. The first kappa shape index (κ1) is 11.0. The summed E-state index contributed by atoms with van der Waals surface area (Å²) in [5.41, 5.74) is 0. The molecule has 1 N–H and O–H groups in total. The van der Waals surface area contributed by atoms with Gasteiger partial charge in [0.15, 0.2) is 11.0 Å². The van der Waals surface area contributed by atoms with Crippen LogP contribution >= 0.6 is 23.2 Å². The highest BCUT2D eigenvalue weighted by Gasteiger charge is 2.11. The number of halogens is 2. The molecule has 0 aliphatic rings. The predicted molar refractivity (Wildman–Crippen MR) is 60.9 cm³/mol. The third-order valence-electron chi connectivity index (χ3n) is 1.75. The van der Waals surface area contributed by atoms with Crippen molar-refractivity contribution in [2.75, 3.05) is 5.32 Å². The zero-order valence-corrected chi connectivity index (χ0v) is 9.42. The Hall–Kier alpha value is -1.52. The average Bonchev–Trinajstić information content (AvgIpc) is 2.65. The standard InChI is InChI=1S/C10H6Cl2N2O2/c11-7-2-1-3-9(13-7)14-10(15)6-4-5-8(12)16-6/h1-5H,(H,13,14,15). The van der Waals surface area contributed by atoms with Gasteiger partial charge in [0.2, 0.25) is 0 Å². The van der Waals surface area contributed by atoms with Gasteiger partial charge in [-0.05, 0) is 35.9 Å². The fourth-order valence-corrected chi connectivity index (χ4v) is 1.40. The maximum Gasteiger partial charge on any atom is 0.292 e. The molecule has 6 heteroatoms. The lowest BCUT2D eigenvalue weighted by Crippen LogP contribution is -2.11. The molecule has 16 heavy (non-hydrogen) atoms. The first-order chi connectivity index (χ1) is 7.65. The first-order valence-corrected chi connectivity index (χ1v) is 5.10. The van der Waals surface area contributed by atoms with E-state index in [0.29, 0.717) is 11.0 Å². The minimum atomic E-state index is -0.429. The van der Waals surface area contributed by atoms with Crippen molar-refractivity contribution in [3.05, 3.63) is 46.5 Å². The lowest BCUT2D eigenvalue weighted by Gasteiger charge is -2.01. The van der Waals surface area contributed by atoms with Crippen LogP contribution in [0.5, 0.6) is 0 Å². The average molecular weight is 257 g/mol. The van der Waals surface area contributed by atoms with Crippen LogP contribution < -0.4 is 5.32 Å². The number of nitrogens with zero attached hydrogens (tertiary/aromatic N) is 1. The largest absolute Gasteiger partial charge is 0.440 e. The third kappa shape index (κ3) is 2.53. The van der Waals surface area contributed by atoms with Gasteiger partial charge < -0.3 is 9.73 Å². The van der Waals surface area contributed by atoms with Crippen LogP contribution in [0.1, 0.15) is 10.6 Å². The molecule has 1 amide bonds. The molecule has 0 unspecified atom stereocenters. The summed E-state index contributed by atoms with van der Waals surface area (Å²) in [6.07, 6.45) is 0. The number of hydrogen-bond acceptors (Lipinski definition) is 3. The van der Waals surface area contributed by atoms with E-state index in [1.807, 2.05) is 0 Å². The van der Waals surface area contributed by atoms with E-state index in [2.05, 4.69) is 10.3 Å². The smallest absolute Gasteiger partial charge is 0.292 e. The Morgan fingerprint density at radius 1 is 1.25 bits per heavy atom. The molecule has 0 radical (unpaired) electrons. The van der Waals surface area contributed by atoms with Gasteiger partial charge in [0.25, 0.3) is 5.91 Å². The van der Waals surface area contributed by atoms with Crippen LogP contribution in [0.2, 0.25) is 10.4 Å². The Balaban J connectivity index is 2.13. The maximum atomic E-state index is 11.6. The highest BCUT2D eigenvalue weighted by Crippen LogP contribution is 2.15. The minimum Gasteiger partial charge on any atom is -0.440 e. The van der Waals surface area contributed by atoms with Gasteiger partial charge in [0.1, 0.15) is 11.0 Å². The molecular formula is C10H6Cl2N2O2. The zero-order valence-electron chi connectivity index (χ0n) is 7.91. The van der Waals surface area contributed by atoms with E-state index in [0.717, 1.165) is 0 Å². The highest BCUT2D eigenvalue weighted by molar-refractivity contribution is 6.29. The van der Waals surface area contributed by atoms with E-state index in [1.165, 1.54) is 12.1 Å². The van der Waals surface area contributed by atoms with E-state index < -0.39 is 5.91 Å². The monoisotopic (exact) mass is 256 g/mol. The number of amides is 1. The van der Waals surface area contributed by atoms with Crippen molar-refractivity contribution in [3.8, 4) is 0 Å². The van der Waals surface area contributed by atoms with Gasteiger partial charge in [0, 0.05) is 0 Å². The summed E-state index contributed by atoms with van der Waals surface area (Å²) in [5.74, 6) is 0.0402. The minimum absolute atomic E-state index is 0.117. The molecule has 0 bridgehead atoms. The van der Waals surface area contributed by atoms with Crippen molar-refractivity contribution in [2.45, 2.75) is 0 Å². The van der Waals surface area contributed by atoms with Gasteiger partial charge in [-0.15, -0.1) is 0 Å². The summed E-state index contributed by atoms with van der Waals surface area (Å²) in [7, 11) is 0. The van der Waals surface area contributed by atoms with Gasteiger partial charge in [-0.2, -0.15) is 0 Å². The molecule has 2 aromatic heterocycles. The number of pyridine rings is 1. The van der Waals surface area contributed by atoms with E-state index in [-0.39, 0.29) is 11.0 Å². The highest BCUT2D eigenvalue weighted by atomic mass is 35.5. The molecule has 0 atom stereocenters. The van der Waals surface area contributed by atoms with Crippen molar-refractivity contribution >= 4 is 34.9 Å². The second-order valence-corrected chi connectivity index (χ2v) is 3.66. The van der Waals surface area contributed by atoms with E-state index in [9.17, 15) is 4.79 Å². The molecule has 2 rings (SSSR count). The van der Waals surface area contributed by atoms with Crippen LogP contribution in [0.4, 0.5) is 5.82 Å². The second-order valence-electron chi connectivity index (χ2n) is 2.90. The fraction of sp³-hybridized carbons (Fsp3) is 0. The summed E-state index contributed by atoms with van der Waals surface area (Å²) >= 11 is 11.2. The fourth-order valence-electron chi connectivity index (χ4n) is 1.09. The van der Waals surface area contributed by atoms with Crippen LogP contribution in [0.15, 0.2) is 34.7 Å². The first-order valence-electron chi connectivity index (χ1n) is 4.34. The number of anilines is 1. The lowest BCUT2D eigenvalue weighted by molar-refractivity contribution is 0.0996. The summed E-state index contributed by atoms with van der Waals surface area (Å²) < 4.78 is 4.94. The number of aromatic nitrogens is 1. The summed E-state index contributed by atoms with van der Waals surface area (Å²) in [4.78, 5) is 15.5. The third-order valence-corrected chi connectivity index (χ3v) is 2.17. The summed E-state index contributed by atoms with van der Waals surface area (Å²) in [6, 6.07) is 7.87. The van der Waals surface area contributed by atoms with E-state index >= 15 is 0 Å². The van der Waals surface area contributed by atoms with E-state index in [1.54, 1.807) is 18.2 Å². The van der Waals surface area contributed by atoms with Crippen LogP contribution in [0, 0.1) is 0 Å². The van der Waals surface area contributed by atoms with Gasteiger partial charge in [0.05, 0.1) is 0 Å². The number of carbonyl (C=O) groups excluding carboxylic acids is 1. The van der Waals surface area contributed by atoms with Crippen molar-refractivity contribution < 1.29 is 9.21 Å². The number of furan rings is 1. The number of rotatable bonds is 2. The summed E-state index contributed by atoms with van der Waals surface area (Å²) in [6.45, 7) is 0. The molecule has 4 nitrogen and oxygen atoms in total. The number of carbonyl (C=O) groups is 1. The van der Waals surface area contributed by atoms with E-state index in [4.69, 9.17) is 27.6 Å². The summed E-state index contributed by atoms with van der Waals surface area (Å²) in [5, 5.41) is 2.98. The number of hydrogen-bond donors (Lipinski definition) is 1. The molecule has 82 valence electrons. The Labute approximate surface area is 101 Å². The van der Waals surface area contributed by atoms with Gasteiger partial charge in [-0.1, -0.05) is 17.7 Å². The Bertz CT molecular complexity index is 525. The van der Waals surface area contributed by atoms with Crippen LogP contribution in [0.25, 0.3) is 0 Å². The van der Waals surface area contributed by atoms with Gasteiger partial charge >= 0.3 is 0 Å². The molecule has 0 aliphatic carbocycles. The van der Waals surface area contributed by atoms with Crippen LogP contribution in [0.3, 0.4) is 0 Å². The molecule has 2 heterocycles. The molecule has 0 fully saturated rings. The van der Waals surface area contributed by atoms with Crippen molar-refractivity contribution in [1.82, 2.24) is 4.98 Å². The molecule has 0 aromatic carbocycles. The molecule has 0 spiro atoms. The quantitative estimate of drug-likeness (QED) is 0.840. The molecule has 0 saturated heterocycles. The van der Waals surface area contributed by atoms with Crippen LogP contribution in [-0.4, -0.2) is 10.9 Å². The lowest BCUT2D eigenvalue weighted by atomic mass is 10.4. The Morgan fingerprint density at radius 2 is 2.06 bits per heavy atom. The van der Waals surface area contributed by atoms with Gasteiger partial charge in [-0.3, -0.25) is 4.79 Å². The Morgan fingerprint density at radius 3 is 2.69 bits per heavy atom. The SMILES string of the molecule is O=C(Nc1cccc(Cl)n1)c1ccc(Cl)o1. The Kier molecular flexibility index (Phi) is 3.12. The molecule has 0 saturated carbocycles. The van der Waals surface area contributed by atoms with Gasteiger partial charge in [-0.25, -0.2) is 4.98 Å². The zero-order chi connectivity index (χ0) is 11.5. The molecule has 2 aromatic rings. The molecular weight excluding hydrogens is 251 g/mol. The van der Waals surface area contributed by atoms with Crippen molar-refractivity contribution in [2.24, 2.45) is 0 Å².